The summed E-state index contributed by atoms with van der Waals surface area (Å²) in [4.78, 5) is 12.6. The number of nitrogens with two attached hydrogens (primary N) is 2. The molecule has 2 aromatic heterocycles. The summed E-state index contributed by atoms with van der Waals surface area (Å²) in [7, 11) is 0. The molecular weight excluding hydrogens is 228 g/mol. The van der Waals surface area contributed by atoms with E-state index >= 15 is 0 Å². The van der Waals surface area contributed by atoms with Gasteiger partial charge in [0.2, 0.25) is 0 Å². The maximum Gasteiger partial charge on any atom is 0.146 e. The maximum atomic E-state index is 5.81. The first-order valence-electron chi connectivity index (χ1n) is 5.64. The molecule has 0 saturated heterocycles. The van der Waals surface area contributed by atoms with Gasteiger partial charge in [-0.1, -0.05) is 6.07 Å². The molecule has 6 heteroatoms. The van der Waals surface area contributed by atoms with Crippen molar-refractivity contribution in [3.63, 3.8) is 0 Å². The van der Waals surface area contributed by atoms with Crippen molar-refractivity contribution in [2.45, 2.75) is 19.4 Å². The normalized spacial score (nSPS) is 12.3. The zero-order valence-corrected chi connectivity index (χ0v) is 10.2. The van der Waals surface area contributed by atoms with Crippen molar-refractivity contribution in [3.05, 3.63) is 47.7 Å². The average Bonchev–Trinajstić information content (AvgIpc) is 2.39. The van der Waals surface area contributed by atoms with Gasteiger partial charge in [0, 0.05) is 18.6 Å². The zero-order chi connectivity index (χ0) is 13.0. The van der Waals surface area contributed by atoms with Crippen LogP contribution in [0.25, 0.3) is 0 Å². The van der Waals surface area contributed by atoms with Crippen molar-refractivity contribution in [3.8, 4) is 0 Å². The first-order chi connectivity index (χ1) is 8.70. The number of rotatable bonds is 4. The molecule has 0 radical (unpaired) electrons. The van der Waals surface area contributed by atoms with Crippen LogP contribution in [0, 0.1) is 6.92 Å². The number of anilines is 1. The van der Waals surface area contributed by atoms with Crippen LogP contribution < -0.4 is 17.0 Å². The SMILES string of the molecule is Cc1cnc(C(Cc2cccnc2N)NN)nc1. The van der Waals surface area contributed by atoms with Crippen LogP contribution in [0.5, 0.6) is 0 Å². The van der Waals surface area contributed by atoms with E-state index < -0.39 is 0 Å². The molecule has 0 aliphatic heterocycles. The number of nitrogens with zero attached hydrogens (tertiary/aromatic N) is 3. The third kappa shape index (κ3) is 2.79. The Morgan fingerprint density at radius 1 is 1.28 bits per heavy atom. The van der Waals surface area contributed by atoms with E-state index in [1.54, 1.807) is 18.6 Å². The summed E-state index contributed by atoms with van der Waals surface area (Å²) in [6.45, 7) is 1.94. The first kappa shape index (κ1) is 12.4. The lowest BCUT2D eigenvalue weighted by Crippen LogP contribution is -2.31. The monoisotopic (exact) mass is 244 g/mol. The summed E-state index contributed by atoms with van der Waals surface area (Å²) in [6.07, 6.45) is 5.78. The largest absolute Gasteiger partial charge is 0.383 e. The Kier molecular flexibility index (Phi) is 3.81. The second-order valence-corrected chi connectivity index (χ2v) is 4.09. The van der Waals surface area contributed by atoms with Crippen LogP contribution in [-0.4, -0.2) is 15.0 Å². The highest BCUT2D eigenvalue weighted by molar-refractivity contribution is 5.39. The Balaban J connectivity index is 2.20. The fourth-order valence-corrected chi connectivity index (χ4v) is 1.65. The molecule has 0 aliphatic rings. The van der Waals surface area contributed by atoms with Crippen molar-refractivity contribution in [2.24, 2.45) is 5.84 Å². The van der Waals surface area contributed by atoms with Gasteiger partial charge < -0.3 is 5.73 Å². The summed E-state index contributed by atoms with van der Waals surface area (Å²) in [5.74, 6) is 6.70. The van der Waals surface area contributed by atoms with Crippen molar-refractivity contribution in [1.82, 2.24) is 20.4 Å². The molecule has 5 N–H and O–H groups in total. The van der Waals surface area contributed by atoms with Crippen LogP contribution >= 0.6 is 0 Å². The lowest BCUT2D eigenvalue weighted by atomic mass is 10.1. The van der Waals surface area contributed by atoms with Gasteiger partial charge in [0.1, 0.15) is 11.6 Å². The van der Waals surface area contributed by atoms with E-state index in [-0.39, 0.29) is 6.04 Å². The quantitative estimate of drug-likeness (QED) is 0.535. The van der Waals surface area contributed by atoms with Crippen LogP contribution in [0.3, 0.4) is 0 Å². The fraction of sp³-hybridized carbons (Fsp3) is 0.250. The van der Waals surface area contributed by atoms with E-state index in [1.165, 1.54) is 0 Å². The van der Waals surface area contributed by atoms with Crippen molar-refractivity contribution >= 4 is 5.82 Å². The van der Waals surface area contributed by atoms with E-state index in [9.17, 15) is 0 Å². The van der Waals surface area contributed by atoms with E-state index in [0.717, 1.165) is 11.1 Å². The molecule has 0 saturated carbocycles. The predicted octanol–water partition coefficient (Wildman–Crippen LogP) is 0.509. The third-order valence-corrected chi connectivity index (χ3v) is 2.66. The van der Waals surface area contributed by atoms with Crippen molar-refractivity contribution < 1.29 is 0 Å². The lowest BCUT2D eigenvalue weighted by molar-refractivity contribution is 0.522. The van der Waals surface area contributed by atoms with Gasteiger partial charge in [-0.05, 0) is 30.5 Å². The van der Waals surface area contributed by atoms with Gasteiger partial charge in [-0.25, -0.2) is 20.4 Å². The smallest absolute Gasteiger partial charge is 0.146 e. The standard InChI is InChI=1S/C12H16N6/c1-8-6-16-12(17-7-8)10(18-14)5-9-3-2-4-15-11(9)13/h2-4,6-7,10,18H,5,14H2,1H3,(H2,13,15). The Hall–Kier alpha value is -2.05. The maximum absolute atomic E-state index is 5.81. The number of aryl methyl sites for hydroxylation is 1. The number of hydrogen-bond acceptors (Lipinski definition) is 6. The Labute approximate surface area is 105 Å². The molecular formula is C12H16N6. The molecule has 0 amide bonds. The van der Waals surface area contributed by atoms with Gasteiger partial charge in [0.25, 0.3) is 0 Å². The highest BCUT2D eigenvalue weighted by Crippen LogP contribution is 2.17. The second-order valence-electron chi connectivity index (χ2n) is 4.09. The molecule has 2 rings (SSSR count). The molecule has 0 aromatic carbocycles. The summed E-state index contributed by atoms with van der Waals surface area (Å²) in [6, 6.07) is 3.58. The third-order valence-electron chi connectivity index (χ3n) is 2.66. The number of aromatic nitrogens is 3. The summed E-state index contributed by atoms with van der Waals surface area (Å²) in [5.41, 5.74) is 10.4. The molecule has 2 aromatic rings. The molecule has 94 valence electrons. The van der Waals surface area contributed by atoms with E-state index in [2.05, 4.69) is 20.4 Å². The minimum Gasteiger partial charge on any atom is -0.383 e. The minimum atomic E-state index is -0.183. The van der Waals surface area contributed by atoms with Crippen molar-refractivity contribution in [2.75, 3.05) is 5.73 Å². The van der Waals surface area contributed by atoms with Crippen LogP contribution in [-0.2, 0) is 6.42 Å². The van der Waals surface area contributed by atoms with Gasteiger partial charge >= 0.3 is 0 Å². The lowest BCUT2D eigenvalue weighted by Gasteiger charge is -2.15. The zero-order valence-electron chi connectivity index (χ0n) is 10.2. The van der Waals surface area contributed by atoms with Gasteiger partial charge in [0.05, 0.1) is 6.04 Å². The molecule has 0 bridgehead atoms. The predicted molar refractivity (Wildman–Crippen MR) is 69.2 cm³/mol. The molecule has 0 aliphatic carbocycles. The molecule has 1 atom stereocenters. The molecule has 0 fully saturated rings. The Morgan fingerprint density at radius 2 is 2.00 bits per heavy atom. The molecule has 2 heterocycles. The van der Waals surface area contributed by atoms with Gasteiger partial charge in [-0.15, -0.1) is 0 Å². The topological polar surface area (TPSA) is 103 Å². The second kappa shape index (κ2) is 5.52. The number of pyridine rings is 1. The van der Waals surface area contributed by atoms with Gasteiger partial charge in [0.15, 0.2) is 0 Å². The number of nitrogen functional groups attached to an aromatic ring is 1. The van der Waals surface area contributed by atoms with Crippen LogP contribution in [0.1, 0.15) is 23.0 Å². The average molecular weight is 244 g/mol. The number of hydrogen-bond donors (Lipinski definition) is 3. The van der Waals surface area contributed by atoms with Gasteiger partial charge in [-0.2, -0.15) is 0 Å². The summed E-state index contributed by atoms with van der Waals surface area (Å²) >= 11 is 0. The molecule has 1 unspecified atom stereocenters. The first-order valence-corrected chi connectivity index (χ1v) is 5.64. The number of nitrogens with one attached hydrogen (secondary N) is 1. The summed E-state index contributed by atoms with van der Waals surface area (Å²) in [5, 5.41) is 0. The van der Waals surface area contributed by atoms with E-state index in [4.69, 9.17) is 11.6 Å². The Bertz CT molecular complexity index is 510. The highest BCUT2D eigenvalue weighted by atomic mass is 15.2. The minimum absolute atomic E-state index is 0.183. The summed E-state index contributed by atoms with van der Waals surface area (Å²) < 4.78 is 0. The molecule has 18 heavy (non-hydrogen) atoms. The highest BCUT2D eigenvalue weighted by Gasteiger charge is 2.15. The Morgan fingerprint density at radius 3 is 2.61 bits per heavy atom. The van der Waals surface area contributed by atoms with Crippen molar-refractivity contribution in [1.29, 1.82) is 0 Å². The van der Waals surface area contributed by atoms with Crippen LogP contribution in [0.15, 0.2) is 30.7 Å². The molecule has 6 nitrogen and oxygen atoms in total. The van der Waals surface area contributed by atoms with Crippen LogP contribution in [0.2, 0.25) is 0 Å². The van der Waals surface area contributed by atoms with E-state index in [0.29, 0.717) is 18.1 Å². The van der Waals surface area contributed by atoms with E-state index in [1.807, 2.05) is 19.1 Å². The van der Waals surface area contributed by atoms with Gasteiger partial charge in [-0.3, -0.25) is 5.84 Å². The molecule has 0 spiro atoms. The van der Waals surface area contributed by atoms with Crippen LogP contribution in [0.4, 0.5) is 5.82 Å². The number of hydrazine groups is 1. The fourth-order valence-electron chi connectivity index (χ4n) is 1.65.